The zero-order chi connectivity index (χ0) is 13.7. The van der Waals surface area contributed by atoms with E-state index in [0.717, 1.165) is 16.5 Å². The second kappa shape index (κ2) is 6.73. The van der Waals surface area contributed by atoms with Crippen molar-refractivity contribution in [3.8, 4) is 5.88 Å². The van der Waals surface area contributed by atoms with E-state index in [-0.39, 0.29) is 6.10 Å². The molecular formula is C15H18ClNO2. The van der Waals surface area contributed by atoms with Crippen molar-refractivity contribution < 1.29 is 9.47 Å². The van der Waals surface area contributed by atoms with Gasteiger partial charge >= 0.3 is 0 Å². The van der Waals surface area contributed by atoms with E-state index in [9.17, 15) is 0 Å². The predicted octanol–water partition coefficient (Wildman–Crippen LogP) is 3.78. The maximum Gasteiger partial charge on any atom is 0.214 e. The van der Waals surface area contributed by atoms with E-state index in [1.54, 1.807) is 0 Å². The zero-order valence-electron chi connectivity index (χ0n) is 11.2. The molecule has 0 N–H and O–H groups in total. The molecule has 0 aliphatic carbocycles. The summed E-state index contributed by atoms with van der Waals surface area (Å²) in [5, 5.41) is 1.07. The lowest BCUT2D eigenvalue weighted by molar-refractivity contribution is 0.0635. The van der Waals surface area contributed by atoms with Gasteiger partial charge in [-0.2, -0.15) is 0 Å². The van der Waals surface area contributed by atoms with Crippen LogP contribution in [0.1, 0.15) is 19.4 Å². The smallest absolute Gasteiger partial charge is 0.214 e. The highest BCUT2D eigenvalue weighted by Crippen LogP contribution is 2.23. The molecule has 1 aromatic heterocycles. The maximum absolute atomic E-state index is 5.99. The number of hydrogen-bond donors (Lipinski definition) is 0. The summed E-state index contributed by atoms with van der Waals surface area (Å²) in [7, 11) is 0. The Bertz CT molecular complexity index is 545. The number of fused-ring (bicyclic) bond motifs is 1. The van der Waals surface area contributed by atoms with Crippen LogP contribution in [-0.2, 0) is 10.6 Å². The summed E-state index contributed by atoms with van der Waals surface area (Å²) >= 11 is 5.99. The van der Waals surface area contributed by atoms with Crippen LogP contribution in [0.15, 0.2) is 30.3 Å². The Kier molecular flexibility index (Phi) is 5.00. The van der Waals surface area contributed by atoms with Crippen molar-refractivity contribution in [1.82, 2.24) is 4.98 Å². The molecule has 1 heterocycles. The van der Waals surface area contributed by atoms with Gasteiger partial charge in [-0.15, -0.1) is 11.6 Å². The lowest BCUT2D eigenvalue weighted by Gasteiger charge is -2.15. The molecule has 0 amide bonds. The third-order valence-corrected chi connectivity index (χ3v) is 3.09. The summed E-state index contributed by atoms with van der Waals surface area (Å²) < 4.78 is 11.1. The summed E-state index contributed by atoms with van der Waals surface area (Å²) in [4.78, 5) is 4.50. The summed E-state index contributed by atoms with van der Waals surface area (Å²) in [6.07, 6.45) is -0.0308. The number of benzene rings is 1. The first-order chi connectivity index (χ1) is 9.24. The fourth-order valence-corrected chi connectivity index (χ4v) is 2.14. The van der Waals surface area contributed by atoms with E-state index in [1.807, 2.05) is 44.2 Å². The number of nitrogens with zero attached hydrogens (tertiary/aromatic N) is 1. The third-order valence-electron chi connectivity index (χ3n) is 2.80. The van der Waals surface area contributed by atoms with E-state index < -0.39 is 0 Å². The van der Waals surface area contributed by atoms with Crippen LogP contribution in [0.3, 0.4) is 0 Å². The molecule has 3 nitrogen and oxygen atoms in total. The van der Waals surface area contributed by atoms with Crippen LogP contribution < -0.4 is 4.74 Å². The molecule has 0 aliphatic rings. The molecule has 1 unspecified atom stereocenters. The summed E-state index contributed by atoms with van der Waals surface area (Å²) in [5.74, 6) is 1.04. The van der Waals surface area contributed by atoms with Crippen LogP contribution in [0.2, 0.25) is 0 Å². The molecule has 0 radical (unpaired) electrons. The highest BCUT2D eigenvalue weighted by atomic mass is 35.5. The molecule has 19 heavy (non-hydrogen) atoms. The van der Waals surface area contributed by atoms with Gasteiger partial charge in [-0.3, -0.25) is 0 Å². The normalized spacial score (nSPS) is 12.6. The molecule has 0 bridgehead atoms. The molecule has 0 aliphatic heterocycles. The summed E-state index contributed by atoms with van der Waals surface area (Å²) in [6.45, 7) is 5.17. The second-order valence-corrected chi connectivity index (χ2v) is 4.63. The molecule has 4 heteroatoms. The van der Waals surface area contributed by atoms with Gasteiger partial charge in [0, 0.05) is 23.9 Å². The van der Waals surface area contributed by atoms with Crippen LogP contribution >= 0.6 is 11.6 Å². The van der Waals surface area contributed by atoms with E-state index in [4.69, 9.17) is 21.1 Å². The van der Waals surface area contributed by atoms with Crippen LogP contribution in [0, 0.1) is 0 Å². The molecule has 1 atom stereocenters. The van der Waals surface area contributed by atoms with Crippen LogP contribution in [0.25, 0.3) is 10.9 Å². The summed E-state index contributed by atoms with van der Waals surface area (Å²) in [6, 6.07) is 9.83. The standard InChI is InChI=1S/C15H18ClNO2/c1-3-18-10-11(2)19-15-8-12(9-16)13-6-4-5-7-14(13)17-15/h4-8,11H,3,9-10H2,1-2H3. The van der Waals surface area contributed by atoms with Crippen LogP contribution in [0.5, 0.6) is 5.88 Å². The van der Waals surface area contributed by atoms with Crippen molar-refractivity contribution in [2.75, 3.05) is 13.2 Å². The molecular weight excluding hydrogens is 262 g/mol. The van der Waals surface area contributed by atoms with E-state index >= 15 is 0 Å². The van der Waals surface area contributed by atoms with Gasteiger partial charge in [0.15, 0.2) is 0 Å². The fraction of sp³-hybridized carbons (Fsp3) is 0.400. The van der Waals surface area contributed by atoms with Gasteiger partial charge in [-0.1, -0.05) is 18.2 Å². The van der Waals surface area contributed by atoms with Crippen molar-refractivity contribution in [1.29, 1.82) is 0 Å². The number of pyridine rings is 1. The van der Waals surface area contributed by atoms with Crippen LogP contribution in [0.4, 0.5) is 0 Å². The quantitative estimate of drug-likeness (QED) is 0.754. The Balaban J connectivity index is 2.24. The Labute approximate surface area is 118 Å². The molecule has 2 rings (SSSR count). The number of rotatable bonds is 6. The van der Waals surface area contributed by atoms with Gasteiger partial charge in [0.05, 0.1) is 12.1 Å². The SMILES string of the molecule is CCOCC(C)Oc1cc(CCl)c2ccccc2n1. The van der Waals surface area contributed by atoms with Gasteiger partial charge in [0.2, 0.25) is 5.88 Å². The molecule has 0 saturated carbocycles. The number of para-hydroxylation sites is 1. The van der Waals surface area contributed by atoms with E-state index in [1.165, 1.54) is 0 Å². The highest BCUT2D eigenvalue weighted by molar-refractivity contribution is 6.18. The number of alkyl halides is 1. The largest absolute Gasteiger partial charge is 0.472 e. The van der Waals surface area contributed by atoms with E-state index in [2.05, 4.69) is 4.98 Å². The Morgan fingerprint density at radius 1 is 1.32 bits per heavy atom. The number of halogens is 1. The van der Waals surface area contributed by atoms with Crippen molar-refractivity contribution in [3.63, 3.8) is 0 Å². The number of hydrogen-bond acceptors (Lipinski definition) is 3. The van der Waals surface area contributed by atoms with Crippen LogP contribution in [-0.4, -0.2) is 24.3 Å². The molecule has 0 saturated heterocycles. The molecule has 2 aromatic rings. The third kappa shape index (κ3) is 3.58. The predicted molar refractivity (Wildman–Crippen MR) is 77.9 cm³/mol. The monoisotopic (exact) mass is 279 g/mol. The Hall–Kier alpha value is -1.32. The minimum absolute atomic E-state index is 0.0308. The van der Waals surface area contributed by atoms with Crippen molar-refractivity contribution in [3.05, 3.63) is 35.9 Å². The Morgan fingerprint density at radius 2 is 2.11 bits per heavy atom. The first-order valence-corrected chi connectivity index (χ1v) is 6.97. The number of ether oxygens (including phenoxy) is 2. The minimum atomic E-state index is -0.0308. The molecule has 102 valence electrons. The second-order valence-electron chi connectivity index (χ2n) is 4.36. The van der Waals surface area contributed by atoms with Gasteiger partial charge in [0.25, 0.3) is 0 Å². The van der Waals surface area contributed by atoms with Gasteiger partial charge in [-0.25, -0.2) is 4.98 Å². The lowest BCUT2D eigenvalue weighted by atomic mass is 10.1. The lowest BCUT2D eigenvalue weighted by Crippen LogP contribution is -2.19. The number of aromatic nitrogens is 1. The van der Waals surface area contributed by atoms with Gasteiger partial charge < -0.3 is 9.47 Å². The average molecular weight is 280 g/mol. The van der Waals surface area contributed by atoms with Gasteiger partial charge in [0.1, 0.15) is 6.10 Å². The molecule has 1 aromatic carbocycles. The van der Waals surface area contributed by atoms with Crippen molar-refractivity contribution >= 4 is 22.5 Å². The maximum atomic E-state index is 5.99. The van der Waals surface area contributed by atoms with Gasteiger partial charge in [-0.05, 0) is 25.5 Å². The zero-order valence-corrected chi connectivity index (χ0v) is 12.0. The van der Waals surface area contributed by atoms with Crippen molar-refractivity contribution in [2.45, 2.75) is 25.8 Å². The van der Waals surface area contributed by atoms with E-state index in [0.29, 0.717) is 25.0 Å². The first-order valence-electron chi connectivity index (χ1n) is 6.43. The summed E-state index contributed by atoms with van der Waals surface area (Å²) in [5.41, 5.74) is 1.94. The average Bonchev–Trinajstić information content (AvgIpc) is 2.44. The highest BCUT2D eigenvalue weighted by Gasteiger charge is 2.09. The fourth-order valence-electron chi connectivity index (χ4n) is 1.92. The molecule has 0 fully saturated rings. The molecule has 0 spiro atoms. The Morgan fingerprint density at radius 3 is 2.84 bits per heavy atom. The van der Waals surface area contributed by atoms with Crippen molar-refractivity contribution in [2.24, 2.45) is 0 Å². The topological polar surface area (TPSA) is 31.4 Å². The minimum Gasteiger partial charge on any atom is -0.472 e. The first kappa shape index (κ1) is 14.1.